The third kappa shape index (κ3) is 4.59. The van der Waals surface area contributed by atoms with Crippen LogP contribution in [0.5, 0.6) is 0 Å². The molecule has 0 bridgehead atoms. The predicted octanol–water partition coefficient (Wildman–Crippen LogP) is 3.68. The van der Waals surface area contributed by atoms with Crippen molar-refractivity contribution >= 4 is 40.1 Å². The van der Waals surface area contributed by atoms with Crippen LogP contribution < -0.4 is 16.0 Å². The number of benzene rings is 1. The summed E-state index contributed by atoms with van der Waals surface area (Å²) in [5, 5.41) is 7.83. The molecule has 3 aromatic heterocycles. The molecule has 3 N–H and O–H groups in total. The monoisotopic (exact) mass is 486 g/mol. The van der Waals surface area contributed by atoms with Crippen molar-refractivity contribution in [3.63, 3.8) is 0 Å². The van der Waals surface area contributed by atoms with Crippen molar-refractivity contribution < 1.29 is 9.53 Å². The van der Waals surface area contributed by atoms with Crippen LogP contribution in [0, 0.1) is 6.92 Å². The highest BCUT2D eigenvalue weighted by atomic mass is 16.5. The first-order valence-electron chi connectivity index (χ1n) is 11.9. The van der Waals surface area contributed by atoms with Crippen molar-refractivity contribution in [1.82, 2.24) is 24.7 Å². The number of nitrogens with one attached hydrogen (secondary N) is 1. The van der Waals surface area contributed by atoms with Crippen LogP contribution >= 0.6 is 0 Å². The number of nitrogens with two attached hydrogens (primary N) is 1. The standard InChI is InChI=1S/C26H30N8O2/c1-16-5-6-17(25(35)34-21(27)14-20(32-34)26(2,3)4)13-19(16)30-24-23-18(28-15-29-24)7-8-22(31-23)33-9-11-36-12-10-33/h5-8,13-15H,9-12,27H2,1-4H3,(H,28,29,30). The number of fused-ring (bicyclic) bond motifs is 1. The number of rotatable bonds is 4. The van der Waals surface area contributed by atoms with E-state index in [4.69, 9.17) is 15.5 Å². The molecule has 1 saturated heterocycles. The van der Waals surface area contributed by atoms with Gasteiger partial charge in [-0.05, 0) is 36.8 Å². The highest BCUT2D eigenvalue weighted by Gasteiger charge is 2.22. The topological polar surface area (TPSA) is 124 Å². The van der Waals surface area contributed by atoms with Crippen LogP contribution in [0.15, 0.2) is 42.7 Å². The zero-order valence-electron chi connectivity index (χ0n) is 20.9. The molecule has 1 aromatic carbocycles. The molecule has 5 rings (SSSR count). The second-order valence-electron chi connectivity index (χ2n) is 9.93. The Labute approximate surface area is 209 Å². The summed E-state index contributed by atoms with van der Waals surface area (Å²) in [4.78, 5) is 29.2. The van der Waals surface area contributed by atoms with Gasteiger partial charge in [0.05, 0.1) is 24.4 Å². The zero-order valence-corrected chi connectivity index (χ0v) is 20.9. The number of nitrogens with zero attached hydrogens (tertiary/aromatic N) is 6. The molecular weight excluding hydrogens is 456 g/mol. The summed E-state index contributed by atoms with van der Waals surface area (Å²) >= 11 is 0. The van der Waals surface area contributed by atoms with Crippen LogP contribution in [0.2, 0.25) is 0 Å². The predicted molar refractivity (Wildman–Crippen MR) is 140 cm³/mol. The van der Waals surface area contributed by atoms with Crippen molar-refractivity contribution in [3.8, 4) is 0 Å². The molecule has 36 heavy (non-hydrogen) atoms. The number of aromatic nitrogens is 5. The number of anilines is 4. The van der Waals surface area contributed by atoms with Gasteiger partial charge in [0.1, 0.15) is 23.5 Å². The lowest BCUT2D eigenvalue weighted by atomic mass is 9.92. The van der Waals surface area contributed by atoms with Crippen LogP contribution in [-0.4, -0.2) is 56.9 Å². The molecule has 4 heterocycles. The highest BCUT2D eigenvalue weighted by Crippen LogP contribution is 2.28. The van der Waals surface area contributed by atoms with Gasteiger partial charge in [-0.2, -0.15) is 9.78 Å². The third-order valence-electron chi connectivity index (χ3n) is 6.24. The van der Waals surface area contributed by atoms with Crippen LogP contribution in [0.25, 0.3) is 11.0 Å². The van der Waals surface area contributed by atoms with Gasteiger partial charge in [-0.15, -0.1) is 0 Å². The molecule has 186 valence electrons. The van der Waals surface area contributed by atoms with E-state index in [1.54, 1.807) is 18.2 Å². The fraction of sp³-hybridized carbons (Fsp3) is 0.346. The molecule has 1 aliphatic rings. The van der Waals surface area contributed by atoms with Gasteiger partial charge in [0, 0.05) is 35.8 Å². The number of ether oxygens (including phenoxy) is 1. The molecule has 0 atom stereocenters. The maximum atomic E-state index is 13.3. The van der Waals surface area contributed by atoms with E-state index in [1.165, 1.54) is 11.0 Å². The average molecular weight is 487 g/mol. The fourth-order valence-corrected chi connectivity index (χ4v) is 4.05. The van der Waals surface area contributed by atoms with Crippen molar-refractivity contribution in [1.29, 1.82) is 0 Å². The number of carbonyl (C=O) groups is 1. The molecule has 10 heteroatoms. The maximum Gasteiger partial charge on any atom is 0.280 e. The molecule has 0 radical (unpaired) electrons. The van der Waals surface area contributed by atoms with Crippen LogP contribution in [-0.2, 0) is 10.2 Å². The SMILES string of the molecule is Cc1ccc(C(=O)n2nc(C(C)(C)C)cc2N)cc1Nc1ncnc2ccc(N3CCOCC3)nc12. The molecule has 0 amide bonds. The normalized spacial score (nSPS) is 14.3. The molecule has 10 nitrogen and oxygen atoms in total. The summed E-state index contributed by atoms with van der Waals surface area (Å²) in [7, 11) is 0. The van der Waals surface area contributed by atoms with Crippen molar-refractivity contribution in [2.45, 2.75) is 33.1 Å². The molecule has 0 saturated carbocycles. The molecule has 1 aliphatic heterocycles. The summed E-state index contributed by atoms with van der Waals surface area (Å²) < 4.78 is 6.72. The first-order chi connectivity index (χ1) is 17.2. The number of hydrogen-bond donors (Lipinski definition) is 2. The molecule has 4 aromatic rings. The van der Waals surface area contributed by atoms with Gasteiger partial charge in [-0.1, -0.05) is 26.8 Å². The largest absolute Gasteiger partial charge is 0.383 e. The lowest BCUT2D eigenvalue weighted by Gasteiger charge is -2.28. The van der Waals surface area contributed by atoms with Crippen LogP contribution in [0.3, 0.4) is 0 Å². The van der Waals surface area contributed by atoms with Gasteiger partial charge >= 0.3 is 0 Å². The number of morpholine rings is 1. The number of pyridine rings is 1. The van der Waals surface area contributed by atoms with E-state index >= 15 is 0 Å². The van der Waals surface area contributed by atoms with Crippen LogP contribution in [0.1, 0.15) is 42.4 Å². The zero-order chi connectivity index (χ0) is 25.4. The second kappa shape index (κ2) is 9.19. The van der Waals surface area contributed by atoms with E-state index in [2.05, 4.69) is 25.3 Å². The Morgan fingerprint density at radius 3 is 2.58 bits per heavy atom. The van der Waals surface area contributed by atoms with Gasteiger partial charge in [0.2, 0.25) is 0 Å². The first kappa shape index (κ1) is 23.7. The Hall–Kier alpha value is -4.05. The van der Waals surface area contributed by atoms with E-state index in [-0.39, 0.29) is 11.3 Å². The number of carbonyl (C=O) groups excluding carboxylic acids is 1. The Morgan fingerprint density at radius 1 is 1.08 bits per heavy atom. The Kier molecular flexibility index (Phi) is 6.05. The fourth-order valence-electron chi connectivity index (χ4n) is 4.05. The van der Waals surface area contributed by atoms with Crippen molar-refractivity contribution in [3.05, 3.63) is 59.5 Å². The third-order valence-corrected chi connectivity index (χ3v) is 6.24. The molecule has 0 unspecified atom stereocenters. The van der Waals surface area contributed by atoms with E-state index in [0.717, 1.165) is 41.4 Å². The molecule has 0 spiro atoms. The molecular formula is C26H30N8O2. The molecule has 0 aliphatic carbocycles. The van der Waals surface area contributed by atoms with Crippen molar-refractivity contribution in [2.24, 2.45) is 0 Å². The van der Waals surface area contributed by atoms with E-state index in [0.29, 0.717) is 35.9 Å². The minimum absolute atomic E-state index is 0.221. The lowest BCUT2D eigenvalue weighted by Crippen LogP contribution is -2.36. The van der Waals surface area contributed by atoms with E-state index < -0.39 is 0 Å². The Morgan fingerprint density at radius 2 is 1.86 bits per heavy atom. The number of aryl methyl sites for hydroxylation is 1. The minimum Gasteiger partial charge on any atom is -0.383 e. The van der Waals surface area contributed by atoms with Gasteiger partial charge in [0.15, 0.2) is 5.82 Å². The number of nitrogen functional groups attached to an aromatic ring is 1. The quantitative estimate of drug-likeness (QED) is 0.444. The van der Waals surface area contributed by atoms with Gasteiger partial charge in [-0.25, -0.2) is 15.0 Å². The van der Waals surface area contributed by atoms with Gasteiger partial charge < -0.3 is 20.7 Å². The average Bonchev–Trinajstić information content (AvgIpc) is 3.27. The summed E-state index contributed by atoms with van der Waals surface area (Å²) in [6, 6.07) is 11.1. The maximum absolute atomic E-state index is 13.3. The van der Waals surface area contributed by atoms with Gasteiger partial charge in [-0.3, -0.25) is 4.79 Å². The Balaban J connectivity index is 1.48. The van der Waals surface area contributed by atoms with E-state index in [9.17, 15) is 4.79 Å². The minimum atomic E-state index is -0.300. The second-order valence-corrected chi connectivity index (χ2v) is 9.93. The smallest absolute Gasteiger partial charge is 0.280 e. The van der Waals surface area contributed by atoms with E-state index in [1.807, 2.05) is 45.9 Å². The van der Waals surface area contributed by atoms with Crippen LogP contribution in [0.4, 0.5) is 23.1 Å². The number of hydrogen-bond acceptors (Lipinski definition) is 9. The summed E-state index contributed by atoms with van der Waals surface area (Å²) in [5.41, 5.74) is 10.2. The Bertz CT molecular complexity index is 1430. The van der Waals surface area contributed by atoms with Gasteiger partial charge in [0.25, 0.3) is 5.91 Å². The van der Waals surface area contributed by atoms with Crippen molar-refractivity contribution in [2.75, 3.05) is 42.3 Å². The first-order valence-corrected chi connectivity index (χ1v) is 11.9. The lowest BCUT2D eigenvalue weighted by molar-refractivity contribution is 0.0947. The summed E-state index contributed by atoms with van der Waals surface area (Å²) in [6.45, 7) is 11.0. The summed E-state index contributed by atoms with van der Waals surface area (Å²) in [5.74, 6) is 1.43. The molecule has 1 fully saturated rings. The highest BCUT2D eigenvalue weighted by molar-refractivity contribution is 5.98. The summed E-state index contributed by atoms with van der Waals surface area (Å²) in [6.07, 6.45) is 1.50.